The Morgan fingerprint density at radius 3 is 2.06 bits per heavy atom. The molecule has 2 aliphatic heterocycles. The number of amides is 3. The molecule has 0 spiro atoms. The minimum absolute atomic E-state index is 0.0161. The Labute approximate surface area is 312 Å². The summed E-state index contributed by atoms with van der Waals surface area (Å²) in [6.45, 7) is 5.14. The number of piperidine rings is 1. The van der Waals surface area contributed by atoms with E-state index >= 15 is 0 Å². The van der Waals surface area contributed by atoms with Crippen LogP contribution in [-0.4, -0.2) is 103 Å². The van der Waals surface area contributed by atoms with Gasteiger partial charge in [-0.25, -0.2) is 13.2 Å². The third-order valence-corrected chi connectivity index (χ3v) is 11.7. The van der Waals surface area contributed by atoms with E-state index in [1.165, 1.54) is 28.0 Å². The second-order valence-corrected chi connectivity index (χ2v) is 16.8. The molecule has 1 aliphatic carbocycles. The van der Waals surface area contributed by atoms with Gasteiger partial charge in [0.25, 0.3) is 5.91 Å². The van der Waals surface area contributed by atoms with Crippen LogP contribution >= 0.6 is 0 Å². The Bertz CT molecular complexity index is 1960. The van der Waals surface area contributed by atoms with Crippen LogP contribution in [0.4, 0.5) is 18.0 Å². The van der Waals surface area contributed by atoms with Crippen molar-refractivity contribution in [1.29, 1.82) is 0 Å². The van der Waals surface area contributed by atoms with Gasteiger partial charge in [0.15, 0.2) is 0 Å². The molecule has 1 N–H and O–H groups in total. The predicted molar refractivity (Wildman–Crippen MR) is 193 cm³/mol. The summed E-state index contributed by atoms with van der Waals surface area (Å²) in [6, 6.07) is 13.1. The van der Waals surface area contributed by atoms with Gasteiger partial charge in [0.2, 0.25) is 15.9 Å². The number of hydrogen-bond donors (Lipinski definition) is 1. The number of likely N-dealkylation sites (tertiary alicyclic amines) is 1. The third kappa shape index (κ3) is 9.56. The Hall–Kier alpha value is -4.57. The topological polar surface area (TPSA) is 135 Å². The van der Waals surface area contributed by atoms with Gasteiger partial charge in [0, 0.05) is 44.3 Å². The lowest BCUT2D eigenvalue weighted by Crippen LogP contribution is -2.62. The van der Waals surface area contributed by atoms with Crippen molar-refractivity contribution in [3.63, 3.8) is 0 Å². The Morgan fingerprint density at radius 1 is 0.778 bits per heavy atom. The Balaban J connectivity index is 1.22. The molecule has 12 nitrogen and oxygen atoms in total. The average Bonchev–Trinajstić information content (AvgIpc) is 3.63. The largest absolute Gasteiger partial charge is 0.573 e. The van der Waals surface area contributed by atoms with Gasteiger partial charge >= 0.3 is 12.5 Å². The summed E-state index contributed by atoms with van der Waals surface area (Å²) in [5.41, 5.74) is -0.636. The molecule has 3 aliphatic rings. The van der Waals surface area contributed by atoms with Crippen molar-refractivity contribution < 1.29 is 50.2 Å². The molecular formula is C38H45F3N4O8S. The standard InChI is InChI=1S/C38H45F3N4O8S/c1-37(2,3)53-36(48)42-28-16-18-43(19-17-28)35(47)33-24-44(34(46)25-8-12-30(13-9-25)52-38(39,40)41)20-21-45(33)54(49,50)32-15-11-26-22-31(14-10-27(26)23-32)51-29-6-4-5-7-29/h8-15,22-23,28-29,33H,4-7,16-21,24H2,1-3H3,(H,42,48)/t33-/m0/s1. The van der Waals surface area contributed by atoms with Crippen molar-refractivity contribution in [2.75, 3.05) is 32.7 Å². The molecule has 0 aromatic heterocycles. The van der Waals surface area contributed by atoms with Gasteiger partial charge in [-0.15, -0.1) is 13.2 Å². The van der Waals surface area contributed by atoms with Crippen molar-refractivity contribution in [2.45, 2.75) is 94.3 Å². The maximum absolute atomic E-state index is 14.4. The number of nitrogens with zero attached hydrogens (tertiary/aromatic N) is 3. The molecule has 3 aromatic rings. The molecule has 6 rings (SSSR count). The van der Waals surface area contributed by atoms with Gasteiger partial charge in [-0.05, 0) is 119 Å². The van der Waals surface area contributed by atoms with Crippen LogP contribution in [-0.2, 0) is 19.6 Å². The summed E-state index contributed by atoms with van der Waals surface area (Å²) < 4.78 is 83.4. The van der Waals surface area contributed by atoms with Crippen LogP contribution in [0.2, 0.25) is 0 Å². The van der Waals surface area contributed by atoms with E-state index in [2.05, 4.69) is 10.1 Å². The van der Waals surface area contributed by atoms with Crippen LogP contribution in [0.25, 0.3) is 10.8 Å². The monoisotopic (exact) mass is 774 g/mol. The fourth-order valence-electron chi connectivity index (χ4n) is 7.12. The van der Waals surface area contributed by atoms with Gasteiger partial charge in [0.05, 0.1) is 11.0 Å². The zero-order chi connectivity index (χ0) is 38.8. The van der Waals surface area contributed by atoms with Crippen molar-refractivity contribution in [2.24, 2.45) is 0 Å². The van der Waals surface area contributed by atoms with Crippen molar-refractivity contribution in [1.82, 2.24) is 19.4 Å². The number of benzene rings is 3. The summed E-state index contributed by atoms with van der Waals surface area (Å²) in [6.07, 6.45) is -0.262. The summed E-state index contributed by atoms with van der Waals surface area (Å²) >= 11 is 0. The molecule has 54 heavy (non-hydrogen) atoms. The molecule has 2 saturated heterocycles. The van der Waals surface area contributed by atoms with E-state index in [0.29, 0.717) is 24.0 Å². The van der Waals surface area contributed by atoms with Gasteiger partial charge in [-0.1, -0.05) is 12.1 Å². The number of hydrogen-bond acceptors (Lipinski definition) is 8. The van der Waals surface area contributed by atoms with Gasteiger partial charge < -0.3 is 29.3 Å². The van der Waals surface area contributed by atoms with Crippen LogP contribution in [0.15, 0.2) is 65.6 Å². The number of carbonyl (C=O) groups is 3. The van der Waals surface area contributed by atoms with Gasteiger partial charge in [-0.3, -0.25) is 9.59 Å². The van der Waals surface area contributed by atoms with Gasteiger partial charge in [-0.2, -0.15) is 4.31 Å². The predicted octanol–water partition coefficient (Wildman–Crippen LogP) is 6.09. The lowest BCUT2D eigenvalue weighted by Gasteiger charge is -2.42. The van der Waals surface area contributed by atoms with E-state index in [4.69, 9.17) is 9.47 Å². The summed E-state index contributed by atoms with van der Waals surface area (Å²) in [5.74, 6) is -0.871. The zero-order valence-electron chi connectivity index (χ0n) is 30.4. The fourth-order valence-corrected chi connectivity index (χ4v) is 8.72. The van der Waals surface area contributed by atoms with Crippen LogP contribution in [0, 0.1) is 0 Å². The lowest BCUT2D eigenvalue weighted by molar-refractivity contribution is -0.274. The molecule has 1 saturated carbocycles. The molecule has 2 heterocycles. The van der Waals surface area contributed by atoms with E-state index in [-0.39, 0.29) is 55.3 Å². The number of nitrogens with one attached hydrogen (secondary N) is 1. The molecule has 0 bridgehead atoms. The molecule has 3 fully saturated rings. The molecule has 0 radical (unpaired) electrons. The zero-order valence-corrected chi connectivity index (χ0v) is 31.2. The molecular weight excluding hydrogens is 729 g/mol. The van der Waals surface area contributed by atoms with E-state index in [1.807, 2.05) is 12.1 Å². The second-order valence-electron chi connectivity index (χ2n) is 14.9. The highest BCUT2D eigenvalue weighted by Gasteiger charge is 2.44. The first-order chi connectivity index (χ1) is 25.4. The highest BCUT2D eigenvalue weighted by molar-refractivity contribution is 7.89. The van der Waals surface area contributed by atoms with E-state index in [9.17, 15) is 36.0 Å². The second kappa shape index (κ2) is 15.7. The SMILES string of the molecule is CC(C)(C)OC(=O)NC1CCN(C(=O)[C@@H]2CN(C(=O)c3ccc(OC(F)(F)F)cc3)CCN2S(=O)(=O)c2ccc3cc(OC4CCCC4)ccc3c2)CC1. The first-order valence-electron chi connectivity index (χ1n) is 18.1. The summed E-state index contributed by atoms with van der Waals surface area (Å²) in [4.78, 5) is 43.1. The van der Waals surface area contributed by atoms with Crippen molar-refractivity contribution in [3.05, 3.63) is 66.2 Å². The number of fused-ring (bicyclic) bond motifs is 1. The van der Waals surface area contributed by atoms with Crippen LogP contribution in [0.3, 0.4) is 0 Å². The molecule has 3 amide bonds. The average molecular weight is 775 g/mol. The number of halogens is 3. The summed E-state index contributed by atoms with van der Waals surface area (Å²) in [7, 11) is -4.28. The van der Waals surface area contributed by atoms with Crippen LogP contribution < -0.4 is 14.8 Å². The maximum Gasteiger partial charge on any atom is 0.573 e. The van der Waals surface area contributed by atoms with Crippen molar-refractivity contribution >= 4 is 38.7 Å². The summed E-state index contributed by atoms with van der Waals surface area (Å²) in [5, 5.41) is 4.29. The highest BCUT2D eigenvalue weighted by Crippen LogP contribution is 2.31. The Kier molecular flexibility index (Phi) is 11.3. The first kappa shape index (κ1) is 39.1. The van der Waals surface area contributed by atoms with Crippen LogP contribution in [0.1, 0.15) is 69.7 Å². The number of ether oxygens (including phenoxy) is 3. The van der Waals surface area contributed by atoms with E-state index in [0.717, 1.165) is 47.5 Å². The maximum atomic E-state index is 14.4. The molecule has 3 aromatic carbocycles. The molecule has 1 atom stereocenters. The molecule has 292 valence electrons. The molecule has 0 unspecified atom stereocenters. The smallest absolute Gasteiger partial charge is 0.490 e. The first-order valence-corrected chi connectivity index (χ1v) is 19.5. The number of alkyl halides is 3. The quantitative estimate of drug-likeness (QED) is 0.291. The Morgan fingerprint density at radius 2 is 1.41 bits per heavy atom. The number of alkyl carbamates (subject to hydrolysis) is 1. The normalized spacial score (nSPS) is 19.5. The third-order valence-electron chi connectivity index (χ3n) is 9.76. The number of sulfonamides is 1. The number of piperazine rings is 1. The van der Waals surface area contributed by atoms with Crippen LogP contribution in [0.5, 0.6) is 11.5 Å². The number of carbonyl (C=O) groups excluding carboxylic acids is 3. The van der Waals surface area contributed by atoms with Crippen molar-refractivity contribution in [3.8, 4) is 11.5 Å². The number of rotatable bonds is 8. The minimum atomic E-state index is -4.90. The van der Waals surface area contributed by atoms with E-state index in [1.54, 1.807) is 39.0 Å². The molecule has 16 heteroatoms. The minimum Gasteiger partial charge on any atom is -0.490 e. The lowest BCUT2D eigenvalue weighted by atomic mass is 10.0. The highest BCUT2D eigenvalue weighted by atomic mass is 32.2. The fraction of sp³-hybridized carbons (Fsp3) is 0.500. The van der Waals surface area contributed by atoms with E-state index < -0.39 is 51.7 Å². The van der Waals surface area contributed by atoms with Gasteiger partial charge in [0.1, 0.15) is 23.1 Å².